The van der Waals surface area contributed by atoms with Crippen molar-refractivity contribution >= 4 is 77.0 Å². The molecule has 11 atom stereocenters. The molecular weight excluding hydrogens is 1140 g/mol. The lowest BCUT2D eigenvalue weighted by Crippen LogP contribution is -2.60. The molecule has 1 saturated heterocycles. The Balaban J connectivity index is 2.48. The van der Waals surface area contributed by atoms with Gasteiger partial charge in [-0.3, -0.25) is 62.7 Å². The molecule has 494 valence electrons. The fraction of sp³-hybridized carbons (Fsp3) is 0.678. The number of hydrogen-bond donors (Lipinski definition) is 15. The van der Waals surface area contributed by atoms with Gasteiger partial charge in [0.05, 0.1) is 12.5 Å². The van der Waals surface area contributed by atoms with Crippen molar-refractivity contribution in [1.29, 1.82) is 0 Å². The van der Waals surface area contributed by atoms with Gasteiger partial charge < -0.3 is 86.3 Å². The van der Waals surface area contributed by atoms with Gasteiger partial charge in [0.25, 0.3) is 0 Å². The fourth-order valence-corrected chi connectivity index (χ4v) is 9.80. The molecule has 0 radical (unpaired) electrons. The minimum Gasteiger partial charge on any atom is -0.481 e. The minimum absolute atomic E-state index is 0.00297. The second-order valence-electron chi connectivity index (χ2n) is 23.4. The summed E-state index contributed by atoms with van der Waals surface area (Å²) in [5.41, 5.74) is 28.3. The van der Waals surface area contributed by atoms with Crippen LogP contribution in [0.1, 0.15) is 157 Å². The van der Waals surface area contributed by atoms with Gasteiger partial charge in [0, 0.05) is 38.9 Å². The molecule has 0 saturated carbocycles. The summed E-state index contributed by atoms with van der Waals surface area (Å²) in [5, 5.41) is 41.9. The van der Waals surface area contributed by atoms with Crippen LogP contribution in [0, 0.1) is 17.8 Å². The SMILES string of the molecule is CCCCCCCC(=O)N[C@@H](C)C(=O)N[C@@H](Cc1ccccc1)C(=O)N[C@@H](CCCN=C(N)N)C(=O)N[C@@H](CC(C)C)C(=O)N1C[C@H](O)C[C@H]1C(=O)N[C@@H](CC(C)C)C(=O)N[C@@H](CC(=O)O)C(=O)N[C@@H](CCCN=C(N)N)C(=O)N[C@H](C(N)=O)[C@@H](C)CC. The van der Waals surface area contributed by atoms with Crippen molar-refractivity contribution in [3.8, 4) is 0 Å². The molecular formula is C59H100N16O13. The highest BCUT2D eigenvalue weighted by atomic mass is 16.4. The fourth-order valence-electron chi connectivity index (χ4n) is 9.80. The Labute approximate surface area is 516 Å². The van der Waals surface area contributed by atoms with Crippen LogP contribution in [-0.2, 0) is 59.2 Å². The van der Waals surface area contributed by atoms with Crippen LogP contribution in [0.3, 0.4) is 0 Å². The van der Waals surface area contributed by atoms with Gasteiger partial charge in [-0.05, 0) is 75.2 Å². The van der Waals surface area contributed by atoms with E-state index in [1.54, 1.807) is 71.9 Å². The number of aliphatic imine (C=N–C) groups is 2. The predicted molar refractivity (Wildman–Crippen MR) is 330 cm³/mol. The summed E-state index contributed by atoms with van der Waals surface area (Å²) in [6.45, 7) is 13.7. The van der Waals surface area contributed by atoms with Crippen LogP contribution >= 0.6 is 0 Å². The summed E-state index contributed by atoms with van der Waals surface area (Å²) in [5.74, 6) is -11.0. The van der Waals surface area contributed by atoms with Crippen molar-refractivity contribution in [2.24, 2.45) is 56.4 Å². The molecule has 0 spiro atoms. The van der Waals surface area contributed by atoms with Crippen LogP contribution in [0.25, 0.3) is 0 Å². The molecule has 2 rings (SSSR count). The molecule has 29 nitrogen and oxygen atoms in total. The number of benzene rings is 1. The molecule has 1 aliphatic rings. The second-order valence-corrected chi connectivity index (χ2v) is 23.4. The monoisotopic (exact) mass is 1240 g/mol. The number of nitrogens with two attached hydrogens (primary N) is 5. The Morgan fingerprint density at radius 2 is 1.07 bits per heavy atom. The number of nitrogens with one attached hydrogen (secondary N) is 8. The Morgan fingerprint density at radius 3 is 1.59 bits per heavy atom. The van der Waals surface area contributed by atoms with E-state index >= 15 is 0 Å². The van der Waals surface area contributed by atoms with Crippen molar-refractivity contribution in [1.82, 2.24) is 47.4 Å². The topological polar surface area (TPSA) is 483 Å². The number of aliphatic hydroxyl groups is 1. The van der Waals surface area contributed by atoms with Crippen molar-refractivity contribution in [3.63, 3.8) is 0 Å². The number of carboxylic acids is 1. The Morgan fingerprint density at radius 1 is 0.580 bits per heavy atom. The maximum Gasteiger partial charge on any atom is 0.305 e. The Hall–Kier alpha value is -8.11. The number of likely N-dealkylation sites (tertiary alicyclic amines) is 1. The number of primary amides is 1. The van der Waals surface area contributed by atoms with Crippen LogP contribution in [-0.4, -0.2) is 172 Å². The highest BCUT2D eigenvalue weighted by Crippen LogP contribution is 2.23. The molecule has 1 aromatic carbocycles. The standard InChI is InChI=1S/C59H100N16O13/c1-9-11-12-13-17-24-46(77)67-36(8)50(81)70-42(29-37-20-15-14-16-21-37)54(85)68-39(22-18-25-65-58(61)62)51(82)73-44(28-34(5)6)57(88)75-32-38(76)30-45(75)56(87)72-41(27-33(3)4)53(84)71-43(31-47(78)79)55(86)69-40(23-19-26-66-59(63)64)52(83)74-48(49(60)80)35(7)10-2/h14-16,20-21,33-36,38-45,48,76H,9-13,17-19,22-32H2,1-8H3,(H2,60,80)(H,67,77)(H,68,85)(H,69,86)(H,70,81)(H,71,84)(H,72,87)(H,73,82)(H,74,83)(H,78,79)(H4,61,62,65)(H4,63,64,66)/t35-,36-,38+,39-,40-,41-,42-,43-,44-,45-,48-/m0/s1. The van der Waals surface area contributed by atoms with E-state index in [1.807, 2.05) is 0 Å². The molecule has 0 unspecified atom stereocenters. The van der Waals surface area contributed by atoms with E-state index in [9.17, 15) is 63.0 Å². The van der Waals surface area contributed by atoms with E-state index in [0.29, 0.717) is 18.4 Å². The van der Waals surface area contributed by atoms with Crippen LogP contribution in [0.15, 0.2) is 40.3 Å². The van der Waals surface area contributed by atoms with Gasteiger partial charge in [0.15, 0.2) is 11.9 Å². The number of hydrogen-bond acceptors (Lipinski definition) is 14. The third-order valence-electron chi connectivity index (χ3n) is 14.7. The molecule has 1 fully saturated rings. The molecule has 1 aromatic rings. The zero-order valence-electron chi connectivity index (χ0n) is 52.4. The van der Waals surface area contributed by atoms with Crippen LogP contribution in [0.5, 0.6) is 0 Å². The van der Waals surface area contributed by atoms with Crippen LogP contribution in [0.4, 0.5) is 0 Å². The van der Waals surface area contributed by atoms with E-state index < -0.39 is 132 Å². The van der Waals surface area contributed by atoms with Gasteiger partial charge in [0.1, 0.15) is 54.4 Å². The van der Waals surface area contributed by atoms with Gasteiger partial charge in [-0.2, -0.15) is 0 Å². The summed E-state index contributed by atoms with van der Waals surface area (Å²) in [6, 6.07) is -3.50. The maximum absolute atomic E-state index is 14.8. The highest BCUT2D eigenvalue weighted by molar-refractivity contribution is 5.99. The van der Waals surface area contributed by atoms with E-state index in [1.165, 1.54) is 6.92 Å². The summed E-state index contributed by atoms with van der Waals surface area (Å²) in [7, 11) is 0. The number of β-amino-alcohol motifs (C(OH)–C–C–N with tert-alkyl or cyclic N) is 1. The molecule has 10 amide bonds. The molecule has 1 heterocycles. The predicted octanol–water partition coefficient (Wildman–Crippen LogP) is -1.34. The Bertz CT molecular complexity index is 2530. The number of nitrogens with zero attached hydrogens (tertiary/aromatic N) is 3. The van der Waals surface area contributed by atoms with Crippen LogP contribution < -0.4 is 71.2 Å². The number of carboxylic acid groups (broad SMARTS) is 1. The summed E-state index contributed by atoms with van der Waals surface area (Å²) < 4.78 is 0. The van der Waals surface area contributed by atoms with Crippen molar-refractivity contribution in [2.45, 2.75) is 219 Å². The third-order valence-corrected chi connectivity index (χ3v) is 14.7. The average molecular weight is 1240 g/mol. The average Bonchev–Trinajstić information content (AvgIpc) is 2.52. The first-order chi connectivity index (χ1) is 41.5. The third kappa shape index (κ3) is 28.6. The number of aliphatic hydroxyl groups excluding tert-OH is 1. The van der Waals surface area contributed by atoms with Gasteiger partial charge in [-0.15, -0.1) is 0 Å². The summed E-state index contributed by atoms with van der Waals surface area (Å²) >= 11 is 0. The lowest BCUT2D eigenvalue weighted by Gasteiger charge is -2.32. The largest absolute Gasteiger partial charge is 0.481 e. The molecule has 88 heavy (non-hydrogen) atoms. The van der Waals surface area contributed by atoms with E-state index in [-0.39, 0.29) is 107 Å². The van der Waals surface area contributed by atoms with Gasteiger partial charge in [-0.25, -0.2) is 0 Å². The highest BCUT2D eigenvalue weighted by Gasteiger charge is 2.44. The number of guanidine groups is 2. The number of amides is 10. The zero-order valence-corrected chi connectivity index (χ0v) is 52.4. The van der Waals surface area contributed by atoms with Gasteiger partial charge >= 0.3 is 5.97 Å². The first-order valence-corrected chi connectivity index (χ1v) is 30.5. The van der Waals surface area contributed by atoms with Crippen molar-refractivity contribution < 1.29 is 63.0 Å². The van der Waals surface area contributed by atoms with Crippen molar-refractivity contribution in [2.75, 3.05) is 19.6 Å². The molecule has 0 aromatic heterocycles. The molecule has 0 bridgehead atoms. The van der Waals surface area contributed by atoms with Gasteiger partial charge in [-0.1, -0.05) is 111 Å². The summed E-state index contributed by atoms with van der Waals surface area (Å²) in [4.78, 5) is 160. The molecule has 20 N–H and O–H groups in total. The smallest absolute Gasteiger partial charge is 0.305 e. The van der Waals surface area contributed by atoms with Gasteiger partial charge in [0.2, 0.25) is 59.1 Å². The number of rotatable bonds is 41. The number of aliphatic carboxylic acids is 1. The quantitative estimate of drug-likeness (QED) is 0.0205. The molecule has 0 aliphatic carbocycles. The Kier molecular flexibility index (Phi) is 34.2. The lowest BCUT2D eigenvalue weighted by atomic mass is 9.97. The molecule has 29 heteroatoms. The van der Waals surface area contributed by atoms with E-state index in [0.717, 1.165) is 30.6 Å². The number of carbonyl (C=O) groups excluding carboxylic acids is 10. The maximum atomic E-state index is 14.8. The first-order valence-electron chi connectivity index (χ1n) is 30.5. The van der Waals surface area contributed by atoms with E-state index in [4.69, 9.17) is 28.7 Å². The van der Waals surface area contributed by atoms with E-state index in [2.05, 4.69) is 59.4 Å². The number of carbonyl (C=O) groups is 11. The molecule has 1 aliphatic heterocycles. The first kappa shape index (κ1) is 76.0. The second kappa shape index (κ2) is 39.6. The lowest BCUT2D eigenvalue weighted by molar-refractivity contribution is -0.143. The summed E-state index contributed by atoms with van der Waals surface area (Å²) in [6.07, 6.45) is 2.73. The van der Waals surface area contributed by atoms with Crippen molar-refractivity contribution in [3.05, 3.63) is 35.9 Å². The zero-order chi connectivity index (χ0) is 66.2. The van der Waals surface area contributed by atoms with Crippen LogP contribution in [0.2, 0.25) is 0 Å². The normalized spacial score (nSPS) is 16.8. The minimum atomic E-state index is -1.83. The number of unbranched alkanes of at least 4 members (excludes halogenated alkanes) is 4.